The van der Waals surface area contributed by atoms with Crippen LogP contribution in [-0.2, 0) is 0 Å². The summed E-state index contributed by atoms with van der Waals surface area (Å²) in [7, 11) is 0. The van der Waals surface area contributed by atoms with Gasteiger partial charge in [0.15, 0.2) is 5.65 Å². The van der Waals surface area contributed by atoms with Crippen LogP contribution < -0.4 is 10.1 Å². The molecule has 1 aliphatic rings. The molecule has 1 saturated heterocycles. The normalized spacial score (nSPS) is 15.0. The summed E-state index contributed by atoms with van der Waals surface area (Å²) in [6, 6.07) is 22.5. The lowest BCUT2D eigenvalue weighted by Crippen LogP contribution is -2.29. The van der Waals surface area contributed by atoms with Crippen LogP contribution in [0.4, 0.5) is 13.2 Å². The summed E-state index contributed by atoms with van der Waals surface area (Å²) in [5.41, 5.74) is 3.95. The number of benzene rings is 3. The molecule has 0 radical (unpaired) electrons. The average Bonchev–Trinajstić information content (AvgIpc) is 3.28. The quantitative estimate of drug-likeness (QED) is 0.304. The Morgan fingerprint density at radius 2 is 1.67 bits per heavy atom. The Balaban J connectivity index is 1.55. The van der Waals surface area contributed by atoms with E-state index in [1.807, 2.05) is 18.2 Å². The first-order valence-corrected chi connectivity index (χ1v) is 11.9. The predicted molar refractivity (Wildman–Crippen MR) is 134 cm³/mol. The van der Waals surface area contributed by atoms with Crippen LogP contribution in [0, 0.1) is 0 Å². The topological polar surface area (TPSA) is 52.0 Å². The van der Waals surface area contributed by atoms with E-state index in [0.717, 1.165) is 59.0 Å². The first kappa shape index (κ1) is 22.5. The highest BCUT2D eigenvalue weighted by molar-refractivity contribution is 5.95. The number of alkyl halides is 3. The second-order valence-electron chi connectivity index (χ2n) is 8.95. The maximum atomic E-state index is 12.9. The Morgan fingerprint density at radius 3 is 2.47 bits per heavy atom. The number of imidazole rings is 1. The maximum absolute atomic E-state index is 12.9. The molecular formula is C28H23F3N4O. The van der Waals surface area contributed by atoms with Crippen molar-refractivity contribution in [1.29, 1.82) is 0 Å². The Bertz CT molecular complexity index is 1550. The number of ether oxygens (including phenoxy) is 1. The Hall–Kier alpha value is -3.91. The monoisotopic (exact) mass is 488 g/mol. The zero-order valence-corrected chi connectivity index (χ0v) is 19.3. The van der Waals surface area contributed by atoms with Gasteiger partial charge in [0, 0.05) is 23.4 Å². The number of nitrogens with one attached hydrogen (secondary N) is 1. The van der Waals surface area contributed by atoms with E-state index in [0.29, 0.717) is 11.4 Å². The fourth-order valence-electron chi connectivity index (χ4n) is 5.03. The van der Waals surface area contributed by atoms with Gasteiger partial charge in [-0.2, -0.15) is 0 Å². The summed E-state index contributed by atoms with van der Waals surface area (Å²) in [6.07, 6.45) is -1.24. The van der Waals surface area contributed by atoms with Gasteiger partial charge in [0.05, 0.1) is 0 Å². The lowest BCUT2D eigenvalue weighted by molar-refractivity contribution is -0.274. The summed E-state index contributed by atoms with van der Waals surface area (Å²) < 4.78 is 45.0. The third-order valence-corrected chi connectivity index (χ3v) is 6.64. The number of nitrogens with zero attached hydrogens (tertiary/aromatic N) is 3. The second kappa shape index (κ2) is 8.95. The third-order valence-electron chi connectivity index (χ3n) is 6.64. The molecule has 182 valence electrons. The molecule has 0 saturated carbocycles. The minimum atomic E-state index is -4.77. The fourth-order valence-corrected chi connectivity index (χ4v) is 5.03. The lowest BCUT2D eigenvalue weighted by atomic mass is 10.0. The summed E-state index contributed by atoms with van der Waals surface area (Å²) in [5.74, 6) is 0.317. The first-order chi connectivity index (χ1) is 17.5. The van der Waals surface area contributed by atoms with Crippen molar-refractivity contribution in [1.82, 2.24) is 19.9 Å². The number of aromatic nitrogens is 3. The van der Waals surface area contributed by atoms with Crippen LogP contribution in [0.3, 0.4) is 0 Å². The number of hydrogen-bond acceptors (Lipinski definition) is 4. The molecule has 0 unspecified atom stereocenters. The highest BCUT2D eigenvalue weighted by Crippen LogP contribution is 2.37. The molecule has 1 aliphatic heterocycles. The summed E-state index contributed by atoms with van der Waals surface area (Å²) >= 11 is 0. The van der Waals surface area contributed by atoms with Crippen LogP contribution in [0.15, 0.2) is 79.0 Å². The zero-order chi connectivity index (χ0) is 24.7. The molecule has 0 bridgehead atoms. The van der Waals surface area contributed by atoms with E-state index >= 15 is 0 Å². The summed E-state index contributed by atoms with van der Waals surface area (Å²) in [6.45, 7) is 1.71. The van der Waals surface area contributed by atoms with Crippen LogP contribution in [0.1, 0.15) is 18.9 Å². The van der Waals surface area contributed by atoms with Gasteiger partial charge < -0.3 is 14.6 Å². The van der Waals surface area contributed by atoms with Crippen LogP contribution in [-0.4, -0.2) is 34.0 Å². The molecule has 5 aromatic rings. The average molecular weight is 489 g/mol. The van der Waals surface area contributed by atoms with Crippen molar-refractivity contribution < 1.29 is 17.9 Å². The van der Waals surface area contributed by atoms with Crippen molar-refractivity contribution in [2.75, 3.05) is 13.1 Å². The van der Waals surface area contributed by atoms with Crippen molar-refractivity contribution in [3.63, 3.8) is 0 Å². The Labute approximate surface area is 205 Å². The molecule has 2 aromatic heterocycles. The largest absolute Gasteiger partial charge is 0.573 e. The first-order valence-electron chi connectivity index (χ1n) is 11.9. The molecule has 0 spiro atoms. The van der Waals surface area contributed by atoms with Crippen molar-refractivity contribution in [2.24, 2.45) is 0 Å². The summed E-state index contributed by atoms with van der Waals surface area (Å²) in [4.78, 5) is 9.70. The molecule has 3 heterocycles. The van der Waals surface area contributed by atoms with E-state index in [1.54, 1.807) is 18.3 Å². The molecule has 3 aromatic carbocycles. The van der Waals surface area contributed by atoms with E-state index in [-0.39, 0.29) is 11.8 Å². The van der Waals surface area contributed by atoms with E-state index in [1.165, 1.54) is 12.1 Å². The van der Waals surface area contributed by atoms with E-state index in [9.17, 15) is 13.2 Å². The second-order valence-corrected chi connectivity index (χ2v) is 8.95. The van der Waals surface area contributed by atoms with E-state index in [4.69, 9.17) is 9.97 Å². The van der Waals surface area contributed by atoms with E-state index < -0.39 is 6.36 Å². The predicted octanol–water partition coefficient (Wildman–Crippen LogP) is 6.74. The highest BCUT2D eigenvalue weighted by atomic mass is 19.4. The number of fused-ring (bicyclic) bond motifs is 2. The third kappa shape index (κ3) is 4.28. The molecule has 36 heavy (non-hydrogen) atoms. The van der Waals surface area contributed by atoms with Gasteiger partial charge in [-0.15, -0.1) is 13.2 Å². The zero-order valence-electron chi connectivity index (χ0n) is 19.3. The smallest absolute Gasteiger partial charge is 0.406 e. The molecular weight excluding hydrogens is 465 g/mol. The molecule has 0 atom stereocenters. The molecule has 1 fully saturated rings. The number of halogens is 3. The standard InChI is InChI=1S/C28H23F3N4O/c29-28(30,31)36-23-7-3-6-21(17-23)26-34-25-24(20-9-8-18-4-1-2-5-19(18)16-20)12-15-33-27(25)35(26)22-10-13-32-14-11-22/h1-9,12,15-17,22,32H,10-11,13-14H2. The minimum absolute atomic E-state index is 0.123. The van der Waals surface area contributed by atoms with Gasteiger partial charge in [0.2, 0.25) is 0 Å². The van der Waals surface area contributed by atoms with Gasteiger partial charge >= 0.3 is 6.36 Å². The SMILES string of the molecule is FC(F)(F)Oc1cccc(-c2nc3c(-c4ccc5ccccc5c4)ccnc3n2C2CCNCC2)c1. The highest BCUT2D eigenvalue weighted by Gasteiger charge is 2.31. The molecule has 6 rings (SSSR count). The van der Waals surface area contributed by atoms with Crippen molar-refractivity contribution in [3.05, 3.63) is 79.0 Å². The van der Waals surface area contributed by atoms with Gasteiger partial charge in [-0.05, 0) is 66.5 Å². The minimum Gasteiger partial charge on any atom is -0.406 e. The van der Waals surface area contributed by atoms with Gasteiger partial charge in [0.1, 0.15) is 17.1 Å². The number of rotatable bonds is 4. The van der Waals surface area contributed by atoms with Gasteiger partial charge in [-0.25, -0.2) is 9.97 Å². The van der Waals surface area contributed by atoms with E-state index in [2.05, 4.69) is 45.0 Å². The van der Waals surface area contributed by atoms with Crippen LogP contribution in [0.2, 0.25) is 0 Å². The molecule has 0 amide bonds. The summed E-state index contributed by atoms with van der Waals surface area (Å²) in [5, 5.41) is 5.64. The van der Waals surface area contributed by atoms with Gasteiger partial charge in [-0.3, -0.25) is 0 Å². The van der Waals surface area contributed by atoms with Gasteiger partial charge in [-0.1, -0.05) is 48.5 Å². The number of hydrogen-bond donors (Lipinski definition) is 1. The molecule has 8 heteroatoms. The fraction of sp³-hybridized carbons (Fsp3) is 0.214. The lowest BCUT2D eigenvalue weighted by Gasteiger charge is -2.26. The molecule has 0 aliphatic carbocycles. The van der Waals surface area contributed by atoms with Crippen molar-refractivity contribution in [3.8, 4) is 28.3 Å². The van der Waals surface area contributed by atoms with Crippen LogP contribution in [0.5, 0.6) is 5.75 Å². The Kier molecular flexibility index (Phi) is 5.60. The Morgan fingerprint density at radius 1 is 0.861 bits per heavy atom. The van der Waals surface area contributed by atoms with Gasteiger partial charge in [0.25, 0.3) is 0 Å². The molecule has 1 N–H and O–H groups in total. The number of piperidine rings is 1. The maximum Gasteiger partial charge on any atom is 0.573 e. The van der Waals surface area contributed by atoms with Crippen molar-refractivity contribution >= 4 is 21.9 Å². The number of pyridine rings is 1. The van der Waals surface area contributed by atoms with Crippen LogP contribution >= 0.6 is 0 Å². The molecule has 5 nitrogen and oxygen atoms in total. The van der Waals surface area contributed by atoms with Crippen LogP contribution in [0.25, 0.3) is 44.5 Å². The van der Waals surface area contributed by atoms with Crippen molar-refractivity contribution in [2.45, 2.75) is 25.2 Å².